The lowest BCUT2D eigenvalue weighted by Gasteiger charge is -2.34. The van der Waals surface area contributed by atoms with E-state index in [4.69, 9.17) is 9.47 Å². The summed E-state index contributed by atoms with van der Waals surface area (Å²) in [7, 11) is 0. The zero-order chi connectivity index (χ0) is 16.2. The number of nitrogens with zero attached hydrogens (tertiary/aromatic N) is 3. The number of anilines is 1. The molecule has 1 aromatic heterocycles. The Morgan fingerprint density at radius 2 is 2.26 bits per heavy atom. The molecule has 0 spiro atoms. The third-order valence-electron chi connectivity index (χ3n) is 4.43. The van der Waals surface area contributed by atoms with Crippen LogP contribution in [0.15, 0.2) is 5.38 Å². The molecule has 128 valence electrons. The number of amides is 1. The van der Waals surface area contributed by atoms with Crippen LogP contribution in [0.2, 0.25) is 0 Å². The number of aromatic nitrogens is 1. The predicted octanol–water partition coefficient (Wildman–Crippen LogP) is 2.10. The van der Waals surface area contributed by atoms with E-state index in [1.165, 1.54) is 6.42 Å². The Morgan fingerprint density at radius 1 is 1.48 bits per heavy atom. The Balaban J connectivity index is 1.58. The minimum absolute atomic E-state index is 0.0305. The van der Waals surface area contributed by atoms with Crippen molar-refractivity contribution in [3.63, 3.8) is 0 Å². The van der Waals surface area contributed by atoms with Gasteiger partial charge < -0.3 is 9.47 Å². The quantitative estimate of drug-likeness (QED) is 0.822. The Morgan fingerprint density at radius 3 is 2.96 bits per heavy atom. The molecule has 0 N–H and O–H groups in total. The molecule has 2 aliphatic heterocycles. The van der Waals surface area contributed by atoms with Crippen LogP contribution in [-0.2, 0) is 20.8 Å². The Bertz CT molecular complexity index is 530. The highest BCUT2D eigenvalue weighted by atomic mass is 32.1. The standard InChI is InChI=1S/C16H25N3O3S/c1-3-19(12(2)20)16-17-14(11-23-16)10-18-6-4-5-13(9-18)15-21-7-8-22-15/h11,13,15H,3-10H2,1-2H3. The van der Waals surface area contributed by atoms with Crippen molar-refractivity contribution in [3.8, 4) is 0 Å². The molecule has 0 aliphatic carbocycles. The molecule has 1 aromatic rings. The van der Waals surface area contributed by atoms with Gasteiger partial charge in [0.25, 0.3) is 0 Å². The molecule has 3 rings (SSSR count). The number of thiazole rings is 1. The molecule has 2 fully saturated rings. The summed E-state index contributed by atoms with van der Waals surface area (Å²) < 4.78 is 11.3. The van der Waals surface area contributed by atoms with Gasteiger partial charge in [-0.05, 0) is 26.3 Å². The fraction of sp³-hybridized carbons (Fsp3) is 0.750. The number of ether oxygens (including phenoxy) is 2. The van der Waals surface area contributed by atoms with Gasteiger partial charge in [-0.1, -0.05) is 0 Å². The van der Waals surface area contributed by atoms with Crippen molar-refractivity contribution in [2.24, 2.45) is 5.92 Å². The van der Waals surface area contributed by atoms with Gasteiger partial charge >= 0.3 is 0 Å². The van der Waals surface area contributed by atoms with Crippen molar-refractivity contribution in [3.05, 3.63) is 11.1 Å². The van der Waals surface area contributed by atoms with E-state index in [0.29, 0.717) is 25.7 Å². The van der Waals surface area contributed by atoms with Gasteiger partial charge in [0.2, 0.25) is 5.91 Å². The third-order valence-corrected chi connectivity index (χ3v) is 5.34. The second-order valence-corrected chi connectivity index (χ2v) is 6.97. The number of piperidine rings is 1. The molecule has 2 aliphatic rings. The summed E-state index contributed by atoms with van der Waals surface area (Å²) in [6, 6.07) is 0. The molecule has 1 unspecified atom stereocenters. The number of rotatable bonds is 5. The zero-order valence-electron chi connectivity index (χ0n) is 13.9. The van der Waals surface area contributed by atoms with Crippen molar-refractivity contribution in [1.82, 2.24) is 9.88 Å². The van der Waals surface area contributed by atoms with E-state index in [1.54, 1.807) is 23.2 Å². The highest BCUT2D eigenvalue weighted by molar-refractivity contribution is 7.14. The van der Waals surface area contributed by atoms with Gasteiger partial charge in [0, 0.05) is 37.9 Å². The van der Waals surface area contributed by atoms with E-state index >= 15 is 0 Å². The van der Waals surface area contributed by atoms with Gasteiger partial charge in [0.1, 0.15) is 0 Å². The topological polar surface area (TPSA) is 54.9 Å². The molecule has 23 heavy (non-hydrogen) atoms. The second-order valence-electron chi connectivity index (χ2n) is 6.13. The summed E-state index contributed by atoms with van der Waals surface area (Å²) >= 11 is 1.54. The van der Waals surface area contributed by atoms with Gasteiger partial charge in [0.05, 0.1) is 18.9 Å². The lowest BCUT2D eigenvalue weighted by molar-refractivity contribution is -0.116. The van der Waals surface area contributed by atoms with Crippen molar-refractivity contribution in [1.29, 1.82) is 0 Å². The highest BCUT2D eigenvalue weighted by Crippen LogP contribution is 2.27. The summed E-state index contributed by atoms with van der Waals surface area (Å²) in [4.78, 5) is 20.4. The van der Waals surface area contributed by atoms with E-state index in [0.717, 1.165) is 36.9 Å². The minimum atomic E-state index is -0.0305. The molecule has 6 nitrogen and oxygen atoms in total. The van der Waals surface area contributed by atoms with Crippen LogP contribution in [0.1, 0.15) is 32.4 Å². The van der Waals surface area contributed by atoms with Crippen LogP contribution >= 0.6 is 11.3 Å². The Labute approximate surface area is 141 Å². The van der Waals surface area contributed by atoms with Crippen LogP contribution in [0.3, 0.4) is 0 Å². The molecule has 0 aromatic carbocycles. The van der Waals surface area contributed by atoms with Crippen molar-refractivity contribution in [2.75, 3.05) is 37.7 Å². The van der Waals surface area contributed by atoms with Gasteiger partial charge in [-0.25, -0.2) is 4.98 Å². The van der Waals surface area contributed by atoms with Crippen LogP contribution in [0.25, 0.3) is 0 Å². The summed E-state index contributed by atoms with van der Waals surface area (Å²) in [5.74, 6) is 0.496. The maximum atomic E-state index is 11.6. The van der Waals surface area contributed by atoms with Crippen LogP contribution in [-0.4, -0.2) is 54.9 Å². The largest absolute Gasteiger partial charge is 0.350 e. The first kappa shape index (κ1) is 16.8. The van der Waals surface area contributed by atoms with Gasteiger partial charge in [0.15, 0.2) is 11.4 Å². The van der Waals surface area contributed by atoms with Crippen LogP contribution in [0.5, 0.6) is 0 Å². The summed E-state index contributed by atoms with van der Waals surface area (Å²) in [6.45, 7) is 8.55. The third kappa shape index (κ3) is 4.09. The SMILES string of the molecule is CCN(C(C)=O)c1nc(CN2CCCC(C3OCCO3)C2)cs1. The number of carbonyl (C=O) groups is 1. The number of hydrogen-bond acceptors (Lipinski definition) is 6. The first-order valence-electron chi connectivity index (χ1n) is 8.35. The van der Waals surface area contributed by atoms with E-state index < -0.39 is 0 Å². The number of carbonyl (C=O) groups excluding carboxylic acids is 1. The average molecular weight is 339 g/mol. The van der Waals surface area contributed by atoms with Crippen molar-refractivity contribution in [2.45, 2.75) is 39.5 Å². The molecule has 7 heteroatoms. The first-order valence-corrected chi connectivity index (χ1v) is 9.23. The lowest BCUT2D eigenvalue weighted by Crippen LogP contribution is -2.40. The predicted molar refractivity (Wildman–Crippen MR) is 89.5 cm³/mol. The van der Waals surface area contributed by atoms with Gasteiger partial charge in [-0.2, -0.15) is 0 Å². The second kappa shape index (κ2) is 7.70. The summed E-state index contributed by atoms with van der Waals surface area (Å²) in [6.07, 6.45) is 2.30. The van der Waals surface area contributed by atoms with Gasteiger partial charge in [-0.3, -0.25) is 14.6 Å². The number of hydrogen-bond donors (Lipinski definition) is 0. The van der Waals surface area contributed by atoms with Crippen molar-refractivity contribution >= 4 is 22.4 Å². The van der Waals surface area contributed by atoms with Crippen LogP contribution in [0, 0.1) is 5.92 Å². The fourth-order valence-corrected chi connectivity index (χ4v) is 4.24. The van der Waals surface area contributed by atoms with E-state index in [-0.39, 0.29) is 12.2 Å². The molecule has 0 radical (unpaired) electrons. The average Bonchev–Trinajstić information content (AvgIpc) is 3.20. The molecular weight excluding hydrogens is 314 g/mol. The lowest BCUT2D eigenvalue weighted by atomic mass is 9.97. The maximum absolute atomic E-state index is 11.6. The first-order chi connectivity index (χ1) is 11.2. The molecule has 2 saturated heterocycles. The highest BCUT2D eigenvalue weighted by Gasteiger charge is 2.31. The molecule has 3 heterocycles. The van der Waals surface area contributed by atoms with Crippen molar-refractivity contribution < 1.29 is 14.3 Å². The minimum Gasteiger partial charge on any atom is -0.350 e. The van der Waals surface area contributed by atoms with Crippen LogP contribution < -0.4 is 4.90 Å². The molecule has 0 saturated carbocycles. The van der Waals surface area contributed by atoms with E-state index in [9.17, 15) is 4.79 Å². The summed E-state index contributed by atoms with van der Waals surface area (Å²) in [5, 5.41) is 2.86. The smallest absolute Gasteiger partial charge is 0.225 e. The van der Waals surface area contributed by atoms with Gasteiger partial charge in [-0.15, -0.1) is 11.3 Å². The molecular formula is C16H25N3O3S. The van der Waals surface area contributed by atoms with E-state index in [2.05, 4.69) is 15.3 Å². The molecule has 1 atom stereocenters. The maximum Gasteiger partial charge on any atom is 0.225 e. The Hall–Kier alpha value is -1.02. The van der Waals surface area contributed by atoms with Crippen LogP contribution in [0.4, 0.5) is 5.13 Å². The zero-order valence-corrected chi connectivity index (χ0v) is 14.7. The Kier molecular flexibility index (Phi) is 5.63. The van der Waals surface area contributed by atoms with E-state index in [1.807, 2.05) is 6.92 Å². The number of likely N-dealkylation sites (tertiary alicyclic amines) is 1. The fourth-order valence-electron chi connectivity index (χ4n) is 3.32. The molecule has 1 amide bonds. The summed E-state index contributed by atoms with van der Waals surface area (Å²) in [5.41, 5.74) is 1.04. The normalized spacial score (nSPS) is 23.3. The monoisotopic (exact) mass is 339 g/mol. The molecule has 0 bridgehead atoms.